The van der Waals surface area contributed by atoms with Gasteiger partial charge in [0.15, 0.2) is 11.6 Å². The fourth-order valence-electron chi connectivity index (χ4n) is 2.10. The van der Waals surface area contributed by atoms with E-state index >= 15 is 0 Å². The van der Waals surface area contributed by atoms with Crippen LogP contribution < -0.4 is 11.3 Å². The van der Waals surface area contributed by atoms with E-state index in [0.29, 0.717) is 12.0 Å². The first kappa shape index (κ1) is 15.3. The van der Waals surface area contributed by atoms with E-state index in [9.17, 15) is 8.78 Å². The summed E-state index contributed by atoms with van der Waals surface area (Å²) in [7, 11) is 0. The number of rotatable bonds is 4. The lowest BCUT2D eigenvalue weighted by Crippen LogP contribution is -2.30. The maximum absolute atomic E-state index is 13.3. The maximum atomic E-state index is 13.3. The van der Waals surface area contributed by atoms with E-state index in [-0.39, 0.29) is 6.04 Å². The lowest BCUT2D eigenvalue weighted by molar-refractivity contribution is 0.502. The van der Waals surface area contributed by atoms with Crippen LogP contribution in [-0.2, 0) is 6.42 Å². The number of nitrogens with two attached hydrogens (primary N) is 1. The molecule has 0 aliphatic rings. The van der Waals surface area contributed by atoms with Crippen LogP contribution in [0.4, 0.5) is 8.78 Å². The molecule has 3 N–H and O–H groups in total. The van der Waals surface area contributed by atoms with Gasteiger partial charge in [-0.2, -0.15) is 0 Å². The minimum atomic E-state index is -0.837. The zero-order valence-electron chi connectivity index (χ0n) is 11.0. The van der Waals surface area contributed by atoms with E-state index in [1.165, 1.54) is 6.07 Å². The summed E-state index contributed by atoms with van der Waals surface area (Å²) in [5.74, 6) is 3.95. The van der Waals surface area contributed by atoms with Gasteiger partial charge in [-0.3, -0.25) is 11.3 Å². The molecule has 2 aromatic carbocycles. The number of aryl methyl sites for hydroxylation is 1. The van der Waals surface area contributed by atoms with Crippen molar-refractivity contribution >= 4 is 22.6 Å². The molecule has 0 aromatic heterocycles. The molecule has 0 radical (unpaired) electrons. The van der Waals surface area contributed by atoms with Crippen molar-refractivity contribution in [3.63, 3.8) is 0 Å². The molecule has 2 rings (SSSR count). The third kappa shape index (κ3) is 3.34. The molecule has 0 spiro atoms. The van der Waals surface area contributed by atoms with Crippen LogP contribution in [0.25, 0.3) is 0 Å². The van der Waals surface area contributed by atoms with Crippen molar-refractivity contribution in [1.29, 1.82) is 0 Å². The second kappa shape index (κ2) is 6.60. The molecule has 0 fully saturated rings. The predicted molar refractivity (Wildman–Crippen MR) is 84.0 cm³/mol. The second-order valence-corrected chi connectivity index (χ2v) is 5.73. The highest BCUT2D eigenvalue weighted by molar-refractivity contribution is 14.1. The van der Waals surface area contributed by atoms with Crippen LogP contribution in [0.2, 0.25) is 0 Å². The van der Waals surface area contributed by atoms with Gasteiger partial charge in [0.2, 0.25) is 0 Å². The molecule has 2 aromatic rings. The molecule has 0 saturated heterocycles. The molecular weight excluding hydrogens is 373 g/mol. The summed E-state index contributed by atoms with van der Waals surface area (Å²) in [5.41, 5.74) is 5.66. The van der Waals surface area contributed by atoms with E-state index < -0.39 is 11.6 Å². The predicted octanol–water partition coefficient (Wildman–Crippen LogP) is 3.62. The number of hydrogen-bond acceptors (Lipinski definition) is 2. The van der Waals surface area contributed by atoms with Crippen LogP contribution in [0.1, 0.15) is 22.7 Å². The molecule has 1 unspecified atom stereocenters. The summed E-state index contributed by atoms with van der Waals surface area (Å²) in [6.07, 6.45) is 0.493. The van der Waals surface area contributed by atoms with Gasteiger partial charge < -0.3 is 0 Å². The summed E-state index contributed by atoms with van der Waals surface area (Å²) in [6.45, 7) is 2.02. The quantitative estimate of drug-likeness (QED) is 0.477. The number of halogens is 3. The molecule has 20 heavy (non-hydrogen) atoms. The highest BCUT2D eigenvalue weighted by atomic mass is 127. The monoisotopic (exact) mass is 388 g/mol. The summed E-state index contributed by atoms with van der Waals surface area (Å²) >= 11 is 2.27. The summed E-state index contributed by atoms with van der Waals surface area (Å²) in [4.78, 5) is 0. The SMILES string of the molecule is Cc1cccc(C(Cc2ccc(F)c(F)c2)NN)c1I. The normalized spacial score (nSPS) is 12.4. The van der Waals surface area contributed by atoms with Gasteiger partial charge in [-0.25, -0.2) is 8.78 Å². The van der Waals surface area contributed by atoms with Crippen molar-refractivity contribution < 1.29 is 8.78 Å². The molecule has 0 bridgehead atoms. The average molecular weight is 388 g/mol. The van der Waals surface area contributed by atoms with Gasteiger partial charge in [-0.05, 0) is 64.8 Å². The maximum Gasteiger partial charge on any atom is 0.159 e. The Morgan fingerprint density at radius 2 is 1.95 bits per heavy atom. The van der Waals surface area contributed by atoms with Crippen molar-refractivity contribution in [3.05, 3.63) is 68.3 Å². The molecule has 106 valence electrons. The van der Waals surface area contributed by atoms with Gasteiger partial charge in [-0.15, -0.1) is 0 Å². The van der Waals surface area contributed by atoms with Gasteiger partial charge in [0.25, 0.3) is 0 Å². The number of nitrogens with one attached hydrogen (secondary N) is 1. The summed E-state index contributed by atoms with van der Waals surface area (Å²) in [6, 6.07) is 9.75. The van der Waals surface area contributed by atoms with Crippen molar-refractivity contribution in [2.24, 2.45) is 5.84 Å². The number of hydrogen-bond donors (Lipinski definition) is 2. The first-order valence-electron chi connectivity index (χ1n) is 6.18. The lowest BCUT2D eigenvalue weighted by Gasteiger charge is -2.19. The Kier molecular flexibility index (Phi) is 5.06. The summed E-state index contributed by atoms with van der Waals surface area (Å²) in [5, 5.41) is 0. The van der Waals surface area contributed by atoms with Crippen LogP contribution in [0.5, 0.6) is 0 Å². The Balaban J connectivity index is 2.28. The Bertz CT molecular complexity index is 617. The molecule has 1 atom stereocenters. The van der Waals surface area contributed by atoms with Crippen molar-refractivity contribution in [1.82, 2.24) is 5.43 Å². The first-order chi connectivity index (χ1) is 9.52. The standard InChI is InChI=1S/C15H15F2IN2/c1-9-3-2-4-11(15(9)18)14(20-19)8-10-5-6-12(16)13(17)7-10/h2-7,14,20H,8,19H2,1H3. The van der Waals surface area contributed by atoms with Crippen LogP contribution >= 0.6 is 22.6 Å². The third-order valence-electron chi connectivity index (χ3n) is 3.22. The number of hydrazine groups is 1. The Hall–Kier alpha value is -1.05. The van der Waals surface area contributed by atoms with Crippen molar-refractivity contribution in [2.75, 3.05) is 0 Å². The van der Waals surface area contributed by atoms with Gasteiger partial charge in [0.05, 0.1) is 6.04 Å². The van der Waals surface area contributed by atoms with Gasteiger partial charge >= 0.3 is 0 Å². The van der Waals surface area contributed by atoms with E-state index in [0.717, 1.165) is 20.8 Å². The minimum Gasteiger partial charge on any atom is -0.271 e. The zero-order valence-corrected chi connectivity index (χ0v) is 13.1. The Morgan fingerprint density at radius 1 is 1.20 bits per heavy atom. The van der Waals surface area contributed by atoms with Gasteiger partial charge in [-0.1, -0.05) is 24.3 Å². The van der Waals surface area contributed by atoms with Crippen LogP contribution in [0.3, 0.4) is 0 Å². The van der Waals surface area contributed by atoms with Crippen LogP contribution in [-0.4, -0.2) is 0 Å². The lowest BCUT2D eigenvalue weighted by atomic mass is 9.98. The molecule has 2 nitrogen and oxygen atoms in total. The van der Waals surface area contributed by atoms with Crippen molar-refractivity contribution in [3.8, 4) is 0 Å². The Morgan fingerprint density at radius 3 is 2.60 bits per heavy atom. The minimum absolute atomic E-state index is 0.147. The first-order valence-corrected chi connectivity index (χ1v) is 7.26. The molecule has 0 heterocycles. The summed E-state index contributed by atoms with van der Waals surface area (Å²) < 4.78 is 27.3. The fourth-order valence-corrected chi connectivity index (χ4v) is 2.84. The topological polar surface area (TPSA) is 38.0 Å². The van der Waals surface area contributed by atoms with Gasteiger partial charge in [0, 0.05) is 3.57 Å². The highest BCUT2D eigenvalue weighted by Gasteiger charge is 2.15. The Labute approximate surface area is 130 Å². The van der Waals surface area contributed by atoms with Crippen LogP contribution in [0.15, 0.2) is 36.4 Å². The molecule has 0 saturated carbocycles. The smallest absolute Gasteiger partial charge is 0.159 e. The van der Waals surface area contributed by atoms with E-state index in [1.807, 2.05) is 25.1 Å². The number of benzene rings is 2. The molecule has 0 amide bonds. The van der Waals surface area contributed by atoms with E-state index in [4.69, 9.17) is 5.84 Å². The molecule has 5 heteroatoms. The molecular formula is C15H15F2IN2. The van der Waals surface area contributed by atoms with Gasteiger partial charge in [0.1, 0.15) is 0 Å². The fraction of sp³-hybridized carbons (Fsp3) is 0.200. The highest BCUT2D eigenvalue weighted by Crippen LogP contribution is 2.25. The van der Waals surface area contributed by atoms with Crippen molar-refractivity contribution in [2.45, 2.75) is 19.4 Å². The molecule has 0 aliphatic carbocycles. The second-order valence-electron chi connectivity index (χ2n) is 4.65. The largest absolute Gasteiger partial charge is 0.271 e. The van der Waals surface area contributed by atoms with E-state index in [2.05, 4.69) is 28.0 Å². The average Bonchev–Trinajstić information content (AvgIpc) is 2.43. The van der Waals surface area contributed by atoms with Crippen LogP contribution in [0, 0.1) is 22.1 Å². The molecule has 0 aliphatic heterocycles. The van der Waals surface area contributed by atoms with E-state index in [1.54, 1.807) is 6.07 Å². The zero-order chi connectivity index (χ0) is 14.7. The third-order valence-corrected chi connectivity index (χ3v) is 4.70.